The van der Waals surface area contributed by atoms with E-state index < -0.39 is 11.6 Å². The zero-order valence-electron chi connectivity index (χ0n) is 10.2. The molecule has 1 saturated carbocycles. The molecule has 2 rings (SSSR count). The minimum atomic E-state index is -0.736. The monoisotopic (exact) mass is 239 g/mol. The molecule has 1 aromatic rings. The second kappa shape index (κ2) is 5.58. The molecule has 1 nitrogen and oxygen atoms in total. The fourth-order valence-electron chi connectivity index (χ4n) is 2.80. The summed E-state index contributed by atoms with van der Waals surface area (Å²) in [6.45, 7) is 3.02. The maximum Gasteiger partial charge on any atom is 0.162 e. The van der Waals surface area contributed by atoms with Crippen LogP contribution in [-0.2, 0) is 6.42 Å². The summed E-state index contributed by atoms with van der Waals surface area (Å²) in [5.41, 5.74) is 0.514. The lowest BCUT2D eigenvalue weighted by atomic mass is 9.94. The van der Waals surface area contributed by atoms with Gasteiger partial charge in [0.2, 0.25) is 0 Å². The molecule has 94 valence electrons. The van der Waals surface area contributed by atoms with E-state index in [0.717, 1.165) is 19.4 Å². The van der Waals surface area contributed by atoms with E-state index in [-0.39, 0.29) is 0 Å². The summed E-state index contributed by atoms with van der Waals surface area (Å²) in [5.74, 6) is -0.971. The van der Waals surface area contributed by atoms with Crippen molar-refractivity contribution >= 4 is 0 Å². The summed E-state index contributed by atoms with van der Waals surface area (Å²) in [7, 11) is 0. The molecule has 0 heterocycles. The van der Waals surface area contributed by atoms with E-state index in [4.69, 9.17) is 0 Å². The minimum Gasteiger partial charge on any atom is -0.314 e. The number of hydrogen-bond acceptors (Lipinski definition) is 1. The van der Waals surface area contributed by atoms with Gasteiger partial charge in [0.05, 0.1) is 0 Å². The summed E-state index contributed by atoms with van der Waals surface area (Å²) >= 11 is 0. The Morgan fingerprint density at radius 3 is 2.88 bits per heavy atom. The quantitative estimate of drug-likeness (QED) is 0.850. The van der Waals surface area contributed by atoms with Gasteiger partial charge in [-0.25, -0.2) is 8.78 Å². The Morgan fingerprint density at radius 1 is 1.29 bits per heavy atom. The highest BCUT2D eigenvalue weighted by Gasteiger charge is 2.27. The van der Waals surface area contributed by atoms with E-state index in [2.05, 4.69) is 12.2 Å². The fourth-order valence-corrected chi connectivity index (χ4v) is 2.80. The van der Waals surface area contributed by atoms with Gasteiger partial charge in [0.25, 0.3) is 0 Å². The second-order valence-electron chi connectivity index (χ2n) is 4.77. The molecule has 1 aromatic carbocycles. The zero-order valence-corrected chi connectivity index (χ0v) is 10.2. The number of halogens is 2. The van der Waals surface area contributed by atoms with Crippen LogP contribution in [0.3, 0.4) is 0 Å². The molecule has 3 heteroatoms. The minimum absolute atomic E-state index is 0.436. The van der Waals surface area contributed by atoms with Crippen LogP contribution >= 0.6 is 0 Å². The summed E-state index contributed by atoms with van der Waals surface area (Å²) in [5, 5.41) is 3.43. The summed E-state index contributed by atoms with van der Waals surface area (Å²) in [6, 6.07) is 4.92. The fraction of sp³-hybridized carbons (Fsp3) is 0.571. The van der Waals surface area contributed by atoms with E-state index >= 15 is 0 Å². The van der Waals surface area contributed by atoms with Crippen molar-refractivity contribution in [2.45, 2.75) is 38.6 Å². The van der Waals surface area contributed by atoms with Crippen LogP contribution < -0.4 is 5.32 Å². The van der Waals surface area contributed by atoms with Crippen LogP contribution in [0.25, 0.3) is 0 Å². The first kappa shape index (κ1) is 12.5. The average molecular weight is 239 g/mol. The highest BCUT2D eigenvalue weighted by atomic mass is 19.2. The van der Waals surface area contributed by atoms with E-state index in [9.17, 15) is 8.78 Å². The highest BCUT2D eigenvalue weighted by molar-refractivity contribution is 5.20. The van der Waals surface area contributed by atoms with Gasteiger partial charge in [-0.2, -0.15) is 0 Å². The Morgan fingerprint density at radius 2 is 2.12 bits per heavy atom. The number of rotatable bonds is 4. The van der Waals surface area contributed by atoms with Crippen LogP contribution in [0, 0.1) is 17.6 Å². The Kier molecular flexibility index (Phi) is 4.11. The first-order valence-corrected chi connectivity index (χ1v) is 6.38. The summed E-state index contributed by atoms with van der Waals surface area (Å²) in [4.78, 5) is 0. The molecule has 0 bridgehead atoms. The molecule has 0 amide bonds. The molecule has 1 aliphatic rings. The molecule has 1 aliphatic carbocycles. The van der Waals surface area contributed by atoms with E-state index in [1.54, 1.807) is 12.1 Å². The molecule has 0 aromatic heterocycles. The van der Waals surface area contributed by atoms with Gasteiger partial charge in [-0.3, -0.25) is 0 Å². The molecule has 1 N–H and O–H groups in total. The van der Waals surface area contributed by atoms with Crippen molar-refractivity contribution in [1.29, 1.82) is 0 Å². The summed E-state index contributed by atoms with van der Waals surface area (Å²) in [6.07, 6.45) is 4.07. The Balaban J connectivity index is 2.07. The maximum absolute atomic E-state index is 13.6. The van der Waals surface area contributed by atoms with Gasteiger partial charge in [-0.15, -0.1) is 0 Å². The molecule has 17 heavy (non-hydrogen) atoms. The van der Waals surface area contributed by atoms with Crippen LogP contribution in [0.1, 0.15) is 31.7 Å². The first-order valence-electron chi connectivity index (χ1n) is 6.38. The van der Waals surface area contributed by atoms with Crippen LogP contribution in [0.4, 0.5) is 8.78 Å². The lowest BCUT2D eigenvalue weighted by molar-refractivity contribution is 0.397. The van der Waals surface area contributed by atoms with Crippen molar-refractivity contribution in [1.82, 2.24) is 5.32 Å². The SMILES string of the molecule is CCNC1CCCC1Cc1cccc(F)c1F. The van der Waals surface area contributed by atoms with Crippen molar-refractivity contribution in [3.8, 4) is 0 Å². The molecule has 0 aliphatic heterocycles. The molecule has 0 radical (unpaired) electrons. The highest BCUT2D eigenvalue weighted by Crippen LogP contribution is 2.29. The van der Waals surface area contributed by atoms with E-state index in [0.29, 0.717) is 23.9 Å². The van der Waals surface area contributed by atoms with Crippen molar-refractivity contribution < 1.29 is 8.78 Å². The number of hydrogen-bond donors (Lipinski definition) is 1. The zero-order chi connectivity index (χ0) is 12.3. The van der Waals surface area contributed by atoms with Crippen LogP contribution in [-0.4, -0.2) is 12.6 Å². The normalized spacial score (nSPS) is 24.2. The Hall–Kier alpha value is -0.960. The van der Waals surface area contributed by atoms with E-state index in [1.165, 1.54) is 12.5 Å². The van der Waals surface area contributed by atoms with Gasteiger partial charge < -0.3 is 5.32 Å². The van der Waals surface area contributed by atoms with Crippen molar-refractivity contribution in [3.63, 3.8) is 0 Å². The maximum atomic E-state index is 13.6. The standard InChI is InChI=1S/C14H19F2N/c1-2-17-13-8-4-5-10(13)9-11-6-3-7-12(15)14(11)16/h3,6-7,10,13,17H,2,4-5,8-9H2,1H3. The topological polar surface area (TPSA) is 12.0 Å². The van der Waals surface area contributed by atoms with Crippen molar-refractivity contribution in [2.24, 2.45) is 5.92 Å². The Labute approximate surface area is 101 Å². The molecular weight excluding hydrogens is 220 g/mol. The smallest absolute Gasteiger partial charge is 0.162 e. The predicted octanol–water partition coefficient (Wildman–Crippen LogP) is 3.29. The third kappa shape index (κ3) is 2.83. The Bertz CT molecular complexity index is 378. The largest absolute Gasteiger partial charge is 0.314 e. The van der Waals surface area contributed by atoms with Crippen LogP contribution in [0.15, 0.2) is 18.2 Å². The van der Waals surface area contributed by atoms with Gasteiger partial charge in [0.1, 0.15) is 0 Å². The van der Waals surface area contributed by atoms with Gasteiger partial charge in [-0.05, 0) is 43.4 Å². The summed E-state index contributed by atoms with van der Waals surface area (Å²) < 4.78 is 26.7. The van der Waals surface area contributed by atoms with Crippen molar-refractivity contribution in [3.05, 3.63) is 35.4 Å². The molecule has 0 saturated heterocycles. The van der Waals surface area contributed by atoms with Gasteiger partial charge >= 0.3 is 0 Å². The third-order valence-corrected chi connectivity index (χ3v) is 3.64. The lowest BCUT2D eigenvalue weighted by Crippen LogP contribution is -2.33. The first-order chi connectivity index (χ1) is 8.22. The molecule has 2 unspecified atom stereocenters. The van der Waals surface area contributed by atoms with Crippen LogP contribution in [0.5, 0.6) is 0 Å². The molecule has 1 fully saturated rings. The average Bonchev–Trinajstić information content (AvgIpc) is 2.73. The number of benzene rings is 1. The third-order valence-electron chi connectivity index (χ3n) is 3.64. The van der Waals surface area contributed by atoms with E-state index in [1.807, 2.05) is 0 Å². The number of nitrogens with one attached hydrogen (secondary N) is 1. The van der Waals surface area contributed by atoms with Gasteiger partial charge in [0, 0.05) is 6.04 Å². The van der Waals surface area contributed by atoms with Crippen LogP contribution in [0.2, 0.25) is 0 Å². The molecule has 0 spiro atoms. The second-order valence-corrected chi connectivity index (χ2v) is 4.77. The van der Waals surface area contributed by atoms with Crippen molar-refractivity contribution in [2.75, 3.05) is 6.54 Å². The van der Waals surface area contributed by atoms with Gasteiger partial charge in [0.15, 0.2) is 11.6 Å². The van der Waals surface area contributed by atoms with Gasteiger partial charge in [-0.1, -0.05) is 25.5 Å². The predicted molar refractivity (Wildman–Crippen MR) is 64.9 cm³/mol. The molecule has 2 atom stereocenters. The molecular formula is C14H19F2N. The lowest BCUT2D eigenvalue weighted by Gasteiger charge is -2.20.